The fourth-order valence-corrected chi connectivity index (χ4v) is 4.74. The number of thiophene rings is 1. The standard InChI is InChI=1S/C21H22ClN3O2S2/c1-4-25(12-14-5-7-15(8-6-14)21(27)24(2)3)19(26)11-16-13-28-20(23-16)17-9-10-18(22)29-17/h5-10,13H,4,11-12H2,1-3H3. The van der Waals surface area contributed by atoms with Crippen molar-refractivity contribution in [2.24, 2.45) is 0 Å². The molecular formula is C21H22ClN3O2S2. The van der Waals surface area contributed by atoms with Gasteiger partial charge in [0.05, 0.1) is 21.3 Å². The van der Waals surface area contributed by atoms with E-state index in [1.54, 1.807) is 36.0 Å². The third kappa shape index (κ3) is 5.44. The maximum absolute atomic E-state index is 12.8. The topological polar surface area (TPSA) is 53.5 Å². The number of nitrogens with zero attached hydrogens (tertiary/aromatic N) is 3. The Hall–Kier alpha value is -2.22. The van der Waals surface area contributed by atoms with Gasteiger partial charge in [-0.05, 0) is 36.8 Å². The number of benzene rings is 1. The third-order valence-corrected chi connectivity index (χ3v) is 6.67. The van der Waals surface area contributed by atoms with Crippen LogP contribution >= 0.6 is 34.3 Å². The van der Waals surface area contributed by atoms with E-state index < -0.39 is 0 Å². The molecule has 0 saturated heterocycles. The number of rotatable bonds is 7. The average Bonchev–Trinajstić information content (AvgIpc) is 3.34. The highest BCUT2D eigenvalue weighted by atomic mass is 35.5. The second kappa shape index (κ2) is 9.52. The Bertz CT molecular complexity index is 996. The number of amides is 2. The zero-order chi connectivity index (χ0) is 21.0. The van der Waals surface area contributed by atoms with Crippen LogP contribution in [-0.4, -0.2) is 47.2 Å². The second-order valence-electron chi connectivity index (χ2n) is 6.73. The number of aromatic nitrogens is 1. The number of thiazole rings is 1. The van der Waals surface area contributed by atoms with Crippen LogP contribution in [0.1, 0.15) is 28.5 Å². The Labute approximate surface area is 183 Å². The highest BCUT2D eigenvalue weighted by molar-refractivity contribution is 7.23. The summed E-state index contributed by atoms with van der Waals surface area (Å²) >= 11 is 9.00. The normalized spacial score (nSPS) is 10.8. The lowest BCUT2D eigenvalue weighted by Gasteiger charge is -2.21. The largest absolute Gasteiger partial charge is 0.345 e. The van der Waals surface area contributed by atoms with Gasteiger partial charge in [-0.1, -0.05) is 23.7 Å². The molecule has 0 unspecified atom stereocenters. The van der Waals surface area contributed by atoms with Crippen LogP contribution in [0.15, 0.2) is 41.8 Å². The summed E-state index contributed by atoms with van der Waals surface area (Å²) in [5.41, 5.74) is 2.39. The summed E-state index contributed by atoms with van der Waals surface area (Å²) in [6.07, 6.45) is 0.265. The molecule has 0 aliphatic rings. The lowest BCUT2D eigenvalue weighted by atomic mass is 10.1. The fourth-order valence-electron chi connectivity index (χ4n) is 2.80. The van der Waals surface area contributed by atoms with Crippen molar-refractivity contribution < 1.29 is 9.59 Å². The maximum atomic E-state index is 12.8. The molecule has 0 spiro atoms. The van der Waals surface area contributed by atoms with E-state index in [4.69, 9.17) is 11.6 Å². The summed E-state index contributed by atoms with van der Waals surface area (Å²) in [5.74, 6) is -0.00616. The summed E-state index contributed by atoms with van der Waals surface area (Å²) in [6, 6.07) is 11.2. The molecule has 2 amide bonds. The highest BCUT2D eigenvalue weighted by Gasteiger charge is 2.16. The zero-order valence-corrected chi connectivity index (χ0v) is 18.9. The molecule has 0 radical (unpaired) electrons. The van der Waals surface area contributed by atoms with Gasteiger partial charge in [0.15, 0.2) is 0 Å². The molecule has 152 valence electrons. The summed E-state index contributed by atoms with van der Waals surface area (Å²) in [6.45, 7) is 3.07. The lowest BCUT2D eigenvalue weighted by molar-refractivity contribution is -0.130. The van der Waals surface area contributed by atoms with Crippen molar-refractivity contribution in [1.29, 1.82) is 0 Å². The predicted octanol–water partition coefficient (Wildman–Crippen LogP) is 4.82. The average molecular weight is 448 g/mol. The van der Waals surface area contributed by atoms with Gasteiger partial charge in [0, 0.05) is 38.1 Å². The summed E-state index contributed by atoms with van der Waals surface area (Å²) in [5, 5.41) is 2.81. The molecule has 0 N–H and O–H groups in total. The van der Waals surface area contributed by atoms with E-state index in [2.05, 4.69) is 4.98 Å². The zero-order valence-electron chi connectivity index (χ0n) is 16.5. The van der Waals surface area contributed by atoms with E-state index in [-0.39, 0.29) is 18.2 Å². The molecule has 0 atom stereocenters. The van der Waals surface area contributed by atoms with Crippen molar-refractivity contribution >= 4 is 46.1 Å². The Morgan fingerprint density at radius 3 is 2.41 bits per heavy atom. The Kier molecular flexibility index (Phi) is 7.05. The van der Waals surface area contributed by atoms with Gasteiger partial charge >= 0.3 is 0 Å². The molecule has 2 heterocycles. The number of hydrogen-bond donors (Lipinski definition) is 0. The van der Waals surface area contributed by atoms with E-state index in [1.165, 1.54) is 22.7 Å². The first-order valence-corrected chi connectivity index (χ1v) is 11.2. The maximum Gasteiger partial charge on any atom is 0.253 e. The molecule has 0 aliphatic heterocycles. The fraction of sp³-hybridized carbons (Fsp3) is 0.286. The van der Waals surface area contributed by atoms with Gasteiger partial charge in [-0.25, -0.2) is 4.98 Å². The first-order chi connectivity index (χ1) is 13.9. The smallest absolute Gasteiger partial charge is 0.253 e. The first kappa shape index (κ1) is 21.5. The molecule has 3 rings (SSSR count). The number of carbonyl (C=O) groups is 2. The van der Waals surface area contributed by atoms with Crippen molar-refractivity contribution in [3.05, 3.63) is 62.9 Å². The Balaban J connectivity index is 1.63. The van der Waals surface area contributed by atoms with Crippen LogP contribution in [0.3, 0.4) is 0 Å². The Morgan fingerprint density at radius 2 is 1.83 bits per heavy atom. The second-order valence-corrected chi connectivity index (χ2v) is 9.30. The molecule has 0 bridgehead atoms. The van der Waals surface area contributed by atoms with Crippen molar-refractivity contribution in [2.45, 2.75) is 19.9 Å². The van der Waals surface area contributed by atoms with Crippen LogP contribution in [0.4, 0.5) is 0 Å². The van der Waals surface area contributed by atoms with Gasteiger partial charge in [0.25, 0.3) is 5.91 Å². The van der Waals surface area contributed by atoms with Gasteiger partial charge in [-0.3, -0.25) is 9.59 Å². The van der Waals surface area contributed by atoms with Crippen molar-refractivity contribution in [1.82, 2.24) is 14.8 Å². The predicted molar refractivity (Wildman–Crippen MR) is 120 cm³/mol. The minimum Gasteiger partial charge on any atom is -0.345 e. The highest BCUT2D eigenvalue weighted by Crippen LogP contribution is 2.33. The summed E-state index contributed by atoms with van der Waals surface area (Å²) < 4.78 is 0.725. The van der Waals surface area contributed by atoms with Gasteiger partial charge in [0.1, 0.15) is 5.01 Å². The van der Waals surface area contributed by atoms with Crippen molar-refractivity contribution in [3.8, 4) is 9.88 Å². The summed E-state index contributed by atoms with van der Waals surface area (Å²) in [4.78, 5) is 33.7. The van der Waals surface area contributed by atoms with Crippen LogP contribution < -0.4 is 0 Å². The van der Waals surface area contributed by atoms with E-state index in [1.807, 2.05) is 36.6 Å². The minimum absolute atomic E-state index is 0.0296. The molecule has 29 heavy (non-hydrogen) atoms. The SMILES string of the molecule is CCN(Cc1ccc(C(=O)N(C)C)cc1)C(=O)Cc1csc(-c2ccc(Cl)s2)n1. The van der Waals surface area contributed by atoms with Gasteiger partial charge < -0.3 is 9.80 Å². The molecule has 0 fully saturated rings. The monoisotopic (exact) mass is 447 g/mol. The third-order valence-electron chi connectivity index (χ3n) is 4.38. The first-order valence-electron chi connectivity index (χ1n) is 9.16. The molecule has 2 aromatic heterocycles. The molecule has 1 aromatic carbocycles. The van der Waals surface area contributed by atoms with E-state index in [9.17, 15) is 9.59 Å². The van der Waals surface area contributed by atoms with E-state index in [0.717, 1.165) is 25.5 Å². The summed E-state index contributed by atoms with van der Waals surface area (Å²) in [7, 11) is 3.45. The van der Waals surface area contributed by atoms with E-state index in [0.29, 0.717) is 18.7 Å². The van der Waals surface area contributed by atoms with E-state index >= 15 is 0 Å². The van der Waals surface area contributed by atoms with Crippen LogP contribution in [0.5, 0.6) is 0 Å². The molecule has 5 nitrogen and oxygen atoms in total. The van der Waals surface area contributed by atoms with Crippen LogP contribution in [0.2, 0.25) is 4.34 Å². The van der Waals surface area contributed by atoms with Crippen molar-refractivity contribution in [3.63, 3.8) is 0 Å². The number of hydrogen-bond acceptors (Lipinski definition) is 5. The molecular weight excluding hydrogens is 426 g/mol. The number of halogens is 1. The van der Waals surface area contributed by atoms with Crippen LogP contribution in [0, 0.1) is 0 Å². The van der Waals surface area contributed by atoms with Crippen molar-refractivity contribution in [2.75, 3.05) is 20.6 Å². The Morgan fingerprint density at radius 1 is 1.10 bits per heavy atom. The quantitative estimate of drug-likeness (QED) is 0.521. The molecule has 0 saturated carbocycles. The molecule has 8 heteroatoms. The lowest BCUT2D eigenvalue weighted by Crippen LogP contribution is -2.31. The molecule has 0 aliphatic carbocycles. The van der Waals surface area contributed by atoms with Gasteiger partial charge in [0.2, 0.25) is 5.91 Å². The molecule has 3 aromatic rings. The van der Waals surface area contributed by atoms with Crippen LogP contribution in [-0.2, 0) is 17.8 Å². The number of likely N-dealkylation sites (N-methyl/N-ethyl adjacent to an activating group) is 1. The van der Waals surface area contributed by atoms with Gasteiger partial charge in [-0.15, -0.1) is 22.7 Å². The van der Waals surface area contributed by atoms with Crippen LogP contribution in [0.25, 0.3) is 9.88 Å². The number of carbonyl (C=O) groups excluding carboxylic acids is 2. The minimum atomic E-state index is -0.0358. The van der Waals surface area contributed by atoms with Gasteiger partial charge in [-0.2, -0.15) is 0 Å².